The summed E-state index contributed by atoms with van der Waals surface area (Å²) >= 11 is 0. The topological polar surface area (TPSA) is 62.7 Å². The minimum atomic E-state index is -0.133. The Bertz CT molecular complexity index is 1040. The Balaban J connectivity index is 1.46. The van der Waals surface area contributed by atoms with Crippen molar-refractivity contribution < 1.29 is 4.79 Å². The monoisotopic (exact) mass is 360 g/mol. The summed E-state index contributed by atoms with van der Waals surface area (Å²) in [6.07, 6.45) is 2.47. The van der Waals surface area contributed by atoms with E-state index in [0.717, 1.165) is 22.4 Å². The Labute approximate surface area is 158 Å². The van der Waals surface area contributed by atoms with Gasteiger partial charge in [0.1, 0.15) is 5.82 Å². The van der Waals surface area contributed by atoms with Crippen molar-refractivity contribution in [3.63, 3.8) is 0 Å². The van der Waals surface area contributed by atoms with Crippen LogP contribution in [0.25, 0.3) is 21.9 Å². The number of nitrogens with zero attached hydrogens (tertiary/aromatic N) is 2. The Morgan fingerprint density at radius 2 is 1.89 bits per heavy atom. The summed E-state index contributed by atoms with van der Waals surface area (Å²) in [4.78, 5) is 20.6. The summed E-state index contributed by atoms with van der Waals surface area (Å²) in [5, 5.41) is 4.35. The number of amides is 1. The van der Waals surface area contributed by atoms with Gasteiger partial charge in [-0.05, 0) is 35.6 Å². The van der Waals surface area contributed by atoms with Crippen LogP contribution >= 0.6 is 0 Å². The molecule has 1 amide bonds. The maximum atomic E-state index is 12.6. The number of aryl methyl sites for hydroxylation is 1. The number of para-hydroxylation sites is 3. The average Bonchev–Trinajstić information content (AvgIpc) is 3.28. The molecule has 138 valence electrons. The number of H-pyrrole nitrogens is 1. The number of nitrogens with one attached hydrogen (secondary N) is 2. The molecule has 0 aliphatic rings. The summed E-state index contributed by atoms with van der Waals surface area (Å²) in [5.41, 5.74) is 3.07. The van der Waals surface area contributed by atoms with Gasteiger partial charge in [0, 0.05) is 24.7 Å². The third kappa shape index (κ3) is 3.58. The van der Waals surface area contributed by atoms with Crippen LogP contribution in [0.4, 0.5) is 0 Å². The molecule has 1 unspecified atom stereocenters. The minimum Gasteiger partial charge on any atom is -0.347 e. The number of rotatable bonds is 6. The van der Waals surface area contributed by atoms with E-state index in [4.69, 9.17) is 0 Å². The SMILES string of the molecule is CC(C)C(NC(=O)CCn1ccc2ccccc21)c1nc2ccccc2[nH]1. The molecule has 2 heterocycles. The van der Waals surface area contributed by atoms with E-state index in [1.807, 2.05) is 42.6 Å². The highest BCUT2D eigenvalue weighted by Gasteiger charge is 2.21. The maximum Gasteiger partial charge on any atom is 0.222 e. The summed E-state index contributed by atoms with van der Waals surface area (Å²) in [7, 11) is 0. The maximum absolute atomic E-state index is 12.6. The fourth-order valence-electron chi connectivity index (χ4n) is 3.47. The number of fused-ring (bicyclic) bond motifs is 2. The molecule has 5 heteroatoms. The summed E-state index contributed by atoms with van der Waals surface area (Å²) in [6, 6.07) is 18.1. The molecule has 4 rings (SSSR count). The lowest BCUT2D eigenvalue weighted by molar-refractivity contribution is -0.122. The van der Waals surface area contributed by atoms with Gasteiger partial charge in [0.25, 0.3) is 0 Å². The van der Waals surface area contributed by atoms with Gasteiger partial charge in [0.15, 0.2) is 0 Å². The number of aromatic nitrogens is 3. The first-order chi connectivity index (χ1) is 13.1. The van der Waals surface area contributed by atoms with E-state index in [9.17, 15) is 4.79 Å². The van der Waals surface area contributed by atoms with Crippen molar-refractivity contribution in [3.8, 4) is 0 Å². The van der Waals surface area contributed by atoms with Gasteiger partial charge in [0.2, 0.25) is 5.91 Å². The molecule has 0 aliphatic heterocycles. The highest BCUT2D eigenvalue weighted by atomic mass is 16.1. The minimum absolute atomic E-state index is 0.0342. The van der Waals surface area contributed by atoms with Gasteiger partial charge >= 0.3 is 0 Å². The van der Waals surface area contributed by atoms with Crippen LogP contribution in [0.3, 0.4) is 0 Å². The van der Waals surface area contributed by atoms with Crippen molar-refractivity contribution in [2.45, 2.75) is 32.9 Å². The van der Waals surface area contributed by atoms with Crippen LogP contribution in [-0.2, 0) is 11.3 Å². The van der Waals surface area contributed by atoms with Gasteiger partial charge in [-0.15, -0.1) is 0 Å². The van der Waals surface area contributed by atoms with Crippen LogP contribution in [0, 0.1) is 5.92 Å². The van der Waals surface area contributed by atoms with E-state index < -0.39 is 0 Å². The summed E-state index contributed by atoms with van der Waals surface area (Å²) in [5.74, 6) is 1.08. The molecule has 4 aromatic rings. The van der Waals surface area contributed by atoms with Crippen molar-refractivity contribution in [3.05, 3.63) is 66.6 Å². The first-order valence-electron chi connectivity index (χ1n) is 9.40. The van der Waals surface area contributed by atoms with Gasteiger partial charge in [0.05, 0.1) is 17.1 Å². The van der Waals surface area contributed by atoms with Crippen LogP contribution in [-0.4, -0.2) is 20.4 Å². The van der Waals surface area contributed by atoms with E-state index in [1.54, 1.807) is 0 Å². The molecule has 0 spiro atoms. The smallest absolute Gasteiger partial charge is 0.222 e. The second-order valence-corrected chi connectivity index (χ2v) is 7.25. The first kappa shape index (κ1) is 17.3. The highest BCUT2D eigenvalue weighted by Crippen LogP contribution is 2.22. The number of imidazole rings is 1. The Kier molecular flexibility index (Phi) is 4.67. The van der Waals surface area contributed by atoms with Crippen molar-refractivity contribution >= 4 is 27.8 Å². The van der Waals surface area contributed by atoms with Crippen LogP contribution in [0.15, 0.2) is 60.8 Å². The molecule has 1 atom stereocenters. The zero-order valence-corrected chi connectivity index (χ0v) is 15.6. The lowest BCUT2D eigenvalue weighted by Crippen LogP contribution is -2.33. The standard InChI is InChI=1S/C22H24N4O/c1-15(2)21(22-23-17-8-4-5-9-18(17)24-22)25-20(27)12-14-26-13-11-16-7-3-6-10-19(16)26/h3-11,13,15,21H,12,14H2,1-2H3,(H,23,24)(H,25,27). The van der Waals surface area contributed by atoms with Crippen molar-refractivity contribution in [2.24, 2.45) is 5.92 Å². The fourth-order valence-corrected chi connectivity index (χ4v) is 3.47. The second-order valence-electron chi connectivity index (χ2n) is 7.25. The van der Waals surface area contributed by atoms with E-state index in [0.29, 0.717) is 13.0 Å². The zero-order valence-electron chi connectivity index (χ0n) is 15.6. The summed E-state index contributed by atoms with van der Waals surface area (Å²) < 4.78 is 2.13. The quantitative estimate of drug-likeness (QED) is 0.535. The number of benzene rings is 2. The molecule has 0 saturated carbocycles. The fraction of sp³-hybridized carbons (Fsp3) is 0.273. The molecule has 5 nitrogen and oxygen atoms in total. The van der Waals surface area contributed by atoms with Gasteiger partial charge in [-0.2, -0.15) is 0 Å². The van der Waals surface area contributed by atoms with Gasteiger partial charge < -0.3 is 14.9 Å². The first-order valence-corrected chi connectivity index (χ1v) is 9.40. The van der Waals surface area contributed by atoms with Gasteiger partial charge in [-0.25, -0.2) is 4.98 Å². The van der Waals surface area contributed by atoms with Gasteiger partial charge in [-0.3, -0.25) is 4.79 Å². The summed E-state index contributed by atoms with van der Waals surface area (Å²) in [6.45, 7) is 4.85. The van der Waals surface area contributed by atoms with E-state index in [1.165, 1.54) is 5.39 Å². The number of carbonyl (C=O) groups is 1. The molecular formula is C22H24N4O. The molecule has 0 aliphatic carbocycles. The Morgan fingerprint density at radius 3 is 2.70 bits per heavy atom. The predicted molar refractivity (Wildman–Crippen MR) is 108 cm³/mol. The molecule has 0 saturated heterocycles. The van der Waals surface area contributed by atoms with E-state index in [-0.39, 0.29) is 17.9 Å². The zero-order chi connectivity index (χ0) is 18.8. The van der Waals surface area contributed by atoms with Crippen molar-refractivity contribution in [1.82, 2.24) is 19.9 Å². The Morgan fingerprint density at radius 1 is 1.11 bits per heavy atom. The third-order valence-corrected chi connectivity index (χ3v) is 4.95. The van der Waals surface area contributed by atoms with Crippen LogP contribution in [0.1, 0.15) is 32.1 Å². The van der Waals surface area contributed by atoms with Crippen LogP contribution in [0.5, 0.6) is 0 Å². The molecule has 2 aromatic heterocycles. The molecule has 2 aromatic carbocycles. The van der Waals surface area contributed by atoms with Crippen molar-refractivity contribution in [2.75, 3.05) is 0 Å². The highest BCUT2D eigenvalue weighted by molar-refractivity contribution is 5.81. The van der Waals surface area contributed by atoms with Crippen LogP contribution in [0.2, 0.25) is 0 Å². The lowest BCUT2D eigenvalue weighted by Gasteiger charge is -2.20. The number of carbonyl (C=O) groups excluding carboxylic acids is 1. The molecule has 0 bridgehead atoms. The lowest BCUT2D eigenvalue weighted by atomic mass is 10.0. The molecule has 27 heavy (non-hydrogen) atoms. The third-order valence-electron chi connectivity index (χ3n) is 4.95. The second kappa shape index (κ2) is 7.27. The molecule has 2 N–H and O–H groups in total. The van der Waals surface area contributed by atoms with E-state index in [2.05, 4.69) is 51.9 Å². The Hall–Kier alpha value is -3.08. The van der Waals surface area contributed by atoms with Gasteiger partial charge in [-0.1, -0.05) is 44.2 Å². The normalized spacial score (nSPS) is 12.7. The van der Waals surface area contributed by atoms with E-state index >= 15 is 0 Å². The van der Waals surface area contributed by atoms with Crippen molar-refractivity contribution in [1.29, 1.82) is 0 Å². The number of hydrogen-bond donors (Lipinski definition) is 2. The number of hydrogen-bond acceptors (Lipinski definition) is 2. The predicted octanol–water partition coefficient (Wildman–Crippen LogP) is 4.42. The number of aromatic amines is 1. The largest absolute Gasteiger partial charge is 0.347 e. The average molecular weight is 360 g/mol. The molecule has 0 radical (unpaired) electrons. The molecule has 0 fully saturated rings. The van der Waals surface area contributed by atoms with Crippen LogP contribution < -0.4 is 5.32 Å². The molecular weight excluding hydrogens is 336 g/mol.